The quantitative estimate of drug-likeness (QED) is 0.633. The van der Waals surface area contributed by atoms with Gasteiger partial charge in [0.2, 0.25) is 0 Å². The highest BCUT2D eigenvalue weighted by Crippen LogP contribution is 2.16. The molecule has 1 aromatic carbocycles. The lowest BCUT2D eigenvalue weighted by Gasteiger charge is -2.36. The Morgan fingerprint density at radius 3 is 2.16 bits per heavy atom. The van der Waals surface area contributed by atoms with Crippen molar-refractivity contribution in [2.24, 2.45) is 10.7 Å². The molecule has 1 fully saturated rings. The average molecular weight is 349 g/mol. The van der Waals surface area contributed by atoms with Gasteiger partial charge in [0.1, 0.15) is 5.82 Å². The molecule has 0 aliphatic carbocycles. The van der Waals surface area contributed by atoms with Gasteiger partial charge in [-0.1, -0.05) is 0 Å². The topological polar surface area (TPSA) is 48.1 Å². The van der Waals surface area contributed by atoms with Crippen LogP contribution < -0.4 is 10.6 Å². The molecule has 0 amide bonds. The predicted octanol–water partition coefficient (Wildman–Crippen LogP) is 2.38. The minimum Gasteiger partial charge on any atom is -0.370 e. The van der Waals surface area contributed by atoms with Gasteiger partial charge in [-0.2, -0.15) is 0 Å². The molecule has 6 heteroatoms. The first-order valence-corrected chi connectivity index (χ1v) is 9.19. The summed E-state index contributed by atoms with van der Waals surface area (Å²) in [5.74, 6) is 0.432. The summed E-state index contributed by atoms with van der Waals surface area (Å²) in [4.78, 5) is 11.4. The second-order valence-corrected chi connectivity index (χ2v) is 7.12. The van der Waals surface area contributed by atoms with Crippen molar-refractivity contribution in [3.63, 3.8) is 0 Å². The van der Waals surface area contributed by atoms with Crippen molar-refractivity contribution in [3.05, 3.63) is 30.1 Å². The lowest BCUT2D eigenvalue weighted by Crippen LogP contribution is -2.51. The monoisotopic (exact) mass is 349 g/mol. The second kappa shape index (κ2) is 9.04. The van der Waals surface area contributed by atoms with E-state index in [0.29, 0.717) is 18.0 Å². The maximum absolute atomic E-state index is 13.0. The first-order chi connectivity index (χ1) is 11.9. The fourth-order valence-corrected chi connectivity index (χ4v) is 3.34. The molecule has 1 aromatic rings. The average Bonchev–Trinajstić information content (AvgIpc) is 2.58. The van der Waals surface area contributed by atoms with Crippen LogP contribution in [0.15, 0.2) is 29.3 Å². The standard InChI is InChI=1S/C19H32FN5/c1-15(2)25(16(3)4)10-9-22-19(21)24-13-11-23(12-14-24)18-7-5-17(20)6-8-18/h5-8,15-16H,9-14H2,1-4H3,(H2,21,22). The summed E-state index contributed by atoms with van der Waals surface area (Å²) >= 11 is 0. The van der Waals surface area contributed by atoms with Gasteiger partial charge in [0.15, 0.2) is 5.96 Å². The van der Waals surface area contributed by atoms with E-state index in [4.69, 9.17) is 5.73 Å². The molecule has 0 radical (unpaired) electrons. The number of guanidine groups is 1. The molecule has 1 aliphatic rings. The molecule has 1 saturated heterocycles. The van der Waals surface area contributed by atoms with Crippen molar-refractivity contribution in [2.45, 2.75) is 39.8 Å². The van der Waals surface area contributed by atoms with Gasteiger partial charge in [-0.25, -0.2) is 4.39 Å². The largest absolute Gasteiger partial charge is 0.370 e. The number of nitrogens with two attached hydrogens (primary N) is 1. The van der Waals surface area contributed by atoms with Crippen LogP contribution in [0.3, 0.4) is 0 Å². The van der Waals surface area contributed by atoms with Crippen molar-refractivity contribution in [2.75, 3.05) is 44.2 Å². The van der Waals surface area contributed by atoms with Gasteiger partial charge < -0.3 is 15.5 Å². The Hall–Kier alpha value is -1.82. The predicted molar refractivity (Wildman–Crippen MR) is 104 cm³/mol. The van der Waals surface area contributed by atoms with Crippen molar-refractivity contribution < 1.29 is 4.39 Å². The number of nitrogens with zero attached hydrogens (tertiary/aromatic N) is 4. The number of piperazine rings is 1. The molecular weight excluding hydrogens is 317 g/mol. The molecule has 25 heavy (non-hydrogen) atoms. The smallest absolute Gasteiger partial charge is 0.191 e. The van der Waals surface area contributed by atoms with E-state index in [1.165, 1.54) is 12.1 Å². The van der Waals surface area contributed by atoms with Crippen LogP contribution in [0, 0.1) is 5.82 Å². The summed E-state index contributed by atoms with van der Waals surface area (Å²) in [7, 11) is 0. The van der Waals surface area contributed by atoms with E-state index in [1.807, 2.05) is 12.1 Å². The maximum atomic E-state index is 13.0. The van der Waals surface area contributed by atoms with Gasteiger partial charge in [0.05, 0.1) is 6.54 Å². The Balaban J connectivity index is 1.82. The second-order valence-electron chi connectivity index (χ2n) is 7.12. The number of benzene rings is 1. The van der Waals surface area contributed by atoms with E-state index in [2.05, 4.69) is 47.4 Å². The minimum atomic E-state index is -0.199. The van der Waals surface area contributed by atoms with Crippen molar-refractivity contribution in [1.29, 1.82) is 0 Å². The van der Waals surface area contributed by atoms with Crippen LogP contribution in [0.25, 0.3) is 0 Å². The van der Waals surface area contributed by atoms with Crippen LogP contribution in [0.2, 0.25) is 0 Å². The van der Waals surface area contributed by atoms with Gasteiger partial charge in [0.25, 0.3) is 0 Å². The summed E-state index contributed by atoms with van der Waals surface area (Å²) < 4.78 is 13.0. The van der Waals surface area contributed by atoms with Gasteiger partial charge in [-0.15, -0.1) is 0 Å². The molecule has 1 heterocycles. The molecule has 140 valence electrons. The van der Waals surface area contributed by atoms with Crippen LogP contribution >= 0.6 is 0 Å². The van der Waals surface area contributed by atoms with Crippen molar-refractivity contribution in [3.8, 4) is 0 Å². The Morgan fingerprint density at radius 2 is 1.64 bits per heavy atom. The minimum absolute atomic E-state index is 0.199. The van der Waals surface area contributed by atoms with Gasteiger partial charge in [-0.05, 0) is 52.0 Å². The zero-order valence-electron chi connectivity index (χ0n) is 16.0. The lowest BCUT2D eigenvalue weighted by molar-refractivity contribution is 0.180. The van der Waals surface area contributed by atoms with Gasteiger partial charge >= 0.3 is 0 Å². The molecule has 0 spiro atoms. The van der Waals surface area contributed by atoms with E-state index in [9.17, 15) is 4.39 Å². The molecule has 0 bridgehead atoms. The number of aliphatic imine (C=N–C) groups is 1. The number of hydrogen-bond acceptors (Lipinski definition) is 3. The highest BCUT2D eigenvalue weighted by Gasteiger charge is 2.19. The van der Waals surface area contributed by atoms with Crippen LogP contribution in [-0.2, 0) is 0 Å². The molecular formula is C19H32FN5. The van der Waals surface area contributed by atoms with Crippen LogP contribution in [0.4, 0.5) is 10.1 Å². The summed E-state index contributed by atoms with van der Waals surface area (Å²) in [6.45, 7) is 13.9. The summed E-state index contributed by atoms with van der Waals surface area (Å²) in [5, 5.41) is 0. The number of halogens is 1. The Bertz CT molecular complexity index is 539. The van der Waals surface area contributed by atoms with E-state index < -0.39 is 0 Å². The molecule has 0 aromatic heterocycles. The van der Waals surface area contributed by atoms with Crippen molar-refractivity contribution in [1.82, 2.24) is 9.80 Å². The fourth-order valence-electron chi connectivity index (χ4n) is 3.34. The summed E-state index contributed by atoms with van der Waals surface area (Å²) in [5.41, 5.74) is 7.24. The van der Waals surface area contributed by atoms with Gasteiger partial charge in [-0.3, -0.25) is 9.89 Å². The third kappa shape index (κ3) is 5.59. The molecule has 5 nitrogen and oxygen atoms in total. The normalized spacial score (nSPS) is 16.4. The van der Waals surface area contributed by atoms with Crippen LogP contribution in [0.1, 0.15) is 27.7 Å². The fraction of sp³-hybridized carbons (Fsp3) is 0.632. The van der Waals surface area contributed by atoms with E-state index in [1.54, 1.807) is 0 Å². The third-order valence-corrected chi connectivity index (χ3v) is 4.75. The summed E-state index contributed by atoms with van der Waals surface area (Å²) in [6, 6.07) is 7.69. The maximum Gasteiger partial charge on any atom is 0.191 e. The molecule has 2 rings (SSSR count). The van der Waals surface area contributed by atoms with E-state index in [-0.39, 0.29) is 5.82 Å². The molecule has 1 aliphatic heterocycles. The van der Waals surface area contributed by atoms with Crippen LogP contribution in [0.5, 0.6) is 0 Å². The highest BCUT2D eigenvalue weighted by molar-refractivity contribution is 5.78. The van der Waals surface area contributed by atoms with E-state index in [0.717, 1.165) is 45.0 Å². The summed E-state index contributed by atoms with van der Waals surface area (Å²) in [6.07, 6.45) is 0. The number of hydrogen-bond donors (Lipinski definition) is 1. The zero-order valence-corrected chi connectivity index (χ0v) is 16.0. The molecule has 0 unspecified atom stereocenters. The molecule has 0 atom stereocenters. The third-order valence-electron chi connectivity index (χ3n) is 4.75. The Labute approximate surface area is 151 Å². The van der Waals surface area contributed by atoms with E-state index >= 15 is 0 Å². The van der Waals surface area contributed by atoms with Crippen LogP contribution in [-0.4, -0.2) is 67.1 Å². The van der Waals surface area contributed by atoms with Crippen molar-refractivity contribution >= 4 is 11.6 Å². The molecule has 2 N–H and O–H groups in total. The number of rotatable bonds is 6. The lowest BCUT2D eigenvalue weighted by atomic mass is 10.2. The first kappa shape index (κ1) is 19.5. The zero-order chi connectivity index (χ0) is 18.4. The SMILES string of the molecule is CC(C)N(CCN=C(N)N1CCN(c2ccc(F)cc2)CC1)C(C)C. The number of anilines is 1. The Morgan fingerprint density at radius 1 is 1.08 bits per heavy atom. The van der Waals surface area contributed by atoms with Gasteiger partial charge in [0, 0.05) is 50.5 Å². The highest BCUT2D eigenvalue weighted by atomic mass is 19.1. The first-order valence-electron chi connectivity index (χ1n) is 9.19. The Kier molecular flexibility index (Phi) is 7.05. The molecule has 0 saturated carbocycles.